The lowest BCUT2D eigenvalue weighted by atomic mass is 10.0. The molecule has 108 valence electrons. The molecule has 0 radical (unpaired) electrons. The smallest absolute Gasteiger partial charge is 0.225 e. The number of carbonyl (C=O) groups is 1. The van der Waals surface area contributed by atoms with Gasteiger partial charge >= 0.3 is 0 Å². The van der Waals surface area contributed by atoms with Crippen molar-refractivity contribution in [3.05, 3.63) is 34.9 Å². The first-order valence-electron chi connectivity index (χ1n) is 6.84. The number of carbonyl (C=O) groups excluding carboxylic acids is 1. The highest BCUT2D eigenvalue weighted by Gasteiger charge is 2.35. The zero-order chi connectivity index (χ0) is 14.7. The SMILES string of the molecule is Cc1ccc(C)c(CC(=O)NC(C(N)=NO)C2CC2)c1. The molecule has 1 saturated carbocycles. The Morgan fingerprint density at radius 3 is 2.80 bits per heavy atom. The van der Waals surface area contributed by atoms with Crippen LogP contribution in [-0.2, 0) is 11.2 Å². The van der Waals surface area contributed by atoms with Crippen molar-refractivity contribution in [2.24, 2.45) is 16.8 Å². The van der Waals surface area contributed by atoms with Crippen molar-refractivity contribution in [2.75, 3.05) is 0 Å². The van der Waals surface area contributed by atoms with Crippen molar-refractivity contribution in [1.29, 1.82) is 0 Å². The number of nitrogens with one attached hydrogen (secondary N) is 1. The predicted molar refractivity (Wildman–Crippen MR) is 77.7 cm³/mol. The van der Waals surface area contributed by atoms with Gasteiger partial charge in [0.2, 0.25) is 5.91 Å². The topological polar surface area (TPSA) is 87.7 Å². The summed E-state index contributed by atoms with van der Waals surface area (Å²) < 4.78 is 0. The molecular weight excluding hydrogens is 254 g/mol. The van der Waals surface area contributed by atoms with E-state index in [-0.39, 0.29) is 17.8 Å². The Balaban J connectivity index is 2.02. The maximum absolute atomic E-state index is 12.1. The van der Waals surface area contributed by atoms with Crippen LogP contribution in [0.5, 0.6) is 0 Å². The number of amides is 1. The summed E-state index contributed by atoms with van der Waals surface area (Å²) in [6, 6.07) is 5.71. The molecule has 0 spiro atoms. The highest BCUT2D eigenvalue weighted by molar-refractivity contribution is 5.91. The third-order valence-electron chi connectivity index (χ3n) is 3.70. The van der Waals surface area contributed by atoms with Crippen LogP contribution in [-0.4, -0.2) is 23.0 Å². The van der Waals surface area contributed by atoms with E-state index in [1.165, 1.54) is 0 Å². The molecule has 1 aromatic rings. The molecule has 5 nitrogen and oxygen atoms in total. The number of hydrogen-bond acceptors (Lipinski definition) is 3. The Morgan fingerprint density at radius 2 is 2.20 bits per heavy atom. The van der Waals surface area contributed by atoms with Gasteiger partial charge in [0.25, 0.3) is 0 Å². The summed E-state index contributed by atoms with van der Waals surface area (Å²) in [7, 11) is 0. The van der Waals surface area contributed by atoms with Gasteiger partial charge in [-0.2, -0.15) is 0 Å². The van der Waals surface area contributed by atoms with Crippen LogP contribution in [0.3, 0.4) is 0 Å². The molecule has 1 atom stereocenters. The molecule has 0 bridgehead atoms. The Kier molecular flexibility index (Phi) is 4.27. The highest BCUT2D eigenvalue weighted by atomic mass is 16.4. The van der Waals surface area contributed by atoms with Crippen molar-refractivity contribution < 1.29 is 10.0 Å². The zero-order valence-corrected chi connectivity index (χ0v) is 11.9. The molecule has 1 aliphatic carbocycles. The third kappa shape index (κ3) is 3.50. The van der Waals surface area contributed by atoms with Crippen molar-refractivity contribution >= 4 is 11.7 Å². The number of hydrogen-bond donors (Lipinski definition) is 3. The van der Waals surface area contributed by atoms with Gasteiger partial charge in [-0.05, 0) is 43.7 Å². The number of amidine groups is 1. The van der Waals surface area contributed by atoms with Gasteiger partial charge in [-0.1, -0.05) is 28.9 Å². The maximum atomic E-state index is 12.1. The minimum atomic E-state index is -0.349. The normalized spacial score (nSPS) is 16.8. The lowest BCUT2D eigenvalue weighted by Gasteiger charge is -2.17. The van der Waals surface area contributed by atoms with Gasteiger partial charge in [-0.25, -0.2) is 0 Å². The van der Waals surface area contributed by atoms with Crippen molar-refractivity contribution in [3.63, 3.8) is 0 Å². The van der Waals surface area contributed by atoms with Crippen LogP contribution in [0.4, 0.5) is 0 Å². The first-order valence-corrected chi connectivity index (χ1v) is 6.84. The van der Waals surface area contributed by atoms with Crippen LogP contribution >= 0.6 is 0 Å². The van der Waals surface area contributed by atoms with E-state index in [1.54, 1.807) is 0 Å². The molecule has 0 heterocycles. The van der Waals surface area contributed by atoms with Crippen LogP contribution in [0.15, 0.2) is 23.4 Å². The molecule has 0 saturated heterocycles. The largest absolute Gasteiger partial charge is 0.409 e. The minimum Gasteiger partial charge on any atom is -0.409 e. The number of benzene rings is 1. The summed E-state index contributed by atoms with van der Waals surface area (Å²) in [5.41, 5.74) is 8.88. The number of oxime groups is 1. The van der Waals surface area contributed by atoms with E-state index in [0.29, 0.717) is 12.3 Å². The Hall–Kier alpha value is -2.04. The van der Waals surface area contributed by atoms with Gasteiger partial charge in [-0.3, -0.25) is 4.79 Å². The van der Waals surface area contributed by atoms with Crippen molar-refractivity contribution in [2.45, 2.75) is 39.2 Å². The quantitative estimate of drug-likeness (QED) is 0.329. The summed E-state index contributed by atoms with van der Waals surface area (Å²) >= 11 is 0. The monoisotopic (exact) mass is 275 g/mol. The third-order valence-corrected chi connectivity index (χ3v) is 3.70. The van der Waals surface area contributed by atoms with Gasteiger partial charge in [0.05, 0.1) is 12.5 Å². The molecular formula is C15H21N3O2. The second-order valence-electron chi connectivity index (χ2n) is 5.51. The summed E-state index contributed by atoms with van der Waals surface area (Å²) in [5.74, 6) is 0.289. The minimum absolute atomic E-state index is 0.0850. The average molecular weight is 275 g/mol. The van der Waals surface area contributed by atoms with E-state index in [0.717, 1.165) is 29.5 Å². The van der Waals surface area contributed by atoms with E-state index in [1.807, 2.05) is 32.0 Å². The number of nitrogens with two attached hydrogens (primary N) is 1. The number of aryl methyl sites for hydroxylation is 2. The van der Waals surface area contributed by atoms with Crippen LogP contribution < -0.4 is 11.1 Å². The molecule has 1 fully saturated rings. The van der Waals surface area contributed by atoms with Gasteiger partial charge in [-0.15, -0.1) is 0 Å². The molecule has 2 rings (SSSR count). The Labute approximate surface area is 118 Å². The predicted octanol–water partition coefficient (Wildman–Crippen LogP) is 1.49. The van der Waals surface area contributed by atoms with Crippen molar-refractivity contribution in [1.82, 2.24) is 5.32 Å². The maximum Gasteiger partial charge on any atom is 0.225 e. The molecule has 4 N–H and O–H groups in total. The fourth-order valence-corrected chi connectivity index (χ4v) is 2.31. The second-order valence-corrected chi connectivity index (χ2v) is 5.51. The highest BCUT2D eigenvalue weighted by Crippen LogP contribution is 2.32. The van der Waals surface area contributed by atoms with Gasteiger partial charge in [0.15, 0.2) is 5.84 Å². The first-order chi connectivity index (χ1) is 9.51. The summed E-state index contributed by atoms with van der Waals surface area (Å²) in [5, 5.41) is 14.7. The summed E-state index contributed by atoms with van der Waals surface area (Å²) in [6.45, 7) is 3.99. The van der Waals surface area contributed by atoms with Crippen LogP contribution in [0, 0.1) is 19.8 Å². The molecule has 20 heavy (non-hydrogen) atoms. The van der Waals surface area contributed by atoms with Crippen LogP contribution in [0.2, 0.25) is 0 Å². The zero-order valence-electron chi connectivity index (χ0n) is 11.9. The lowest BCUT2D eigenvalue weighted by molar-refractivity contribution is -0.120. The van der Waals surface area contributed by atoms with E-state index >= 15 is 0 Å². The molecule has 0 aliphatic heterocycles. The molecule has 1 amide bonds. The fraction of sp³-hybridized carbons (Fsp3) is 0.467. The van der Waals surface area contributed by atoms with Crippen LogP contribution in [0.25, 0.3) is 0 Å². The van der Waals surface area contributed by atoms with E-state index in [4.69, 9.17) is 10.9 Å². The van der Waals surface area contributed by atoms with E-state index in [2.05, 4.69) is 10.5 Å². The van der Waals surface area contributed by atoms with Gasteiger partial charge in [0.1, 0.15) is 0 Å². The molecule has 0 aromatic heterocycles. The number of nitrogens with zero attached hydrogens (tertiary/aromatic N) is 1. The first kappa shape index (κ1) is 14.4. The lowest BCUT2D eigenvalue weighted by Crippen LogP contribution is -2.46. The van der Waals surface area contributed by atoms with E-state index in [9.17, 15) is 4.79 Å². The standard InChI is InChI=1S/C15H21N3O2/c1-9-3-4-10(2)12(7-9)8-13(19)17-14(11-5-6-11)15(16)18-20/h3-4,7,11,14,20H,5-6,8H2,1-2H3,(H2,16,18)(H,17,19). The summed E-state index contributed by atoms with van der Waals surface area (Å²) in [4.78, 5) is 12.1. The van der Waals surface area contributed by atoms with Crippen LogP contribution in [0.1, 0.15) is 29.5 Å². The Morgan fingerprint density at radius 1 is 1.50 bits per heavy atom. The molecule has 1 aromatic carbocycles. The molecule has 1 unspecified atom stereocenters. The van der Waals surface area contributed by atoms with Gasteiger partial charge in [0, 0.05) is 0 Å². The summed E-state index contributed by atoms with van der Waals surface area (Å²) in [6.07, 6.45) is 2.32. The van der Waals surface area contributed by atoms with Gasteiger partial charge < -0.3 is 16.3 Å². The average Bonchev–Trinajstić information content (AvgIpc) is 3.24. The molecule has 1 aliphatic rings. The van der Waals surface area contributed by atoms with E-state index < -0.39 is 0 Å². The Bertz CT molecular complexity index is 536. The van der Waals surface area contributed by atoms with Crippen molar-refractivity contribution in [3.8, 4) is 0 Å². The second kappa shape index (κ2) is 5.94. The fourth-order valence-electron chi connectivity index (χ4n) is 2.31. The molecule has 5 heteroatoms. The number of rotatable bonds is 5.